The van der Waals surface area contributed by atoms with Crippen LogP contribution in [-0.2, 0) is 60.1 Å². The van der Waals surface area contributed by atoms with Crippen LogP contribution in [0, 0.1) is 41.5 Å². The molecular formula is C78H112N8O12S6. The average Bonchev–Trinajstić information content (AvgIpc) is 0.771. The molecule has 0 aliphatic heterocycles. The van der Waals surface area contributed by atoms with Crippen LogP contribution in [0.3, 0.4) is 0 Å². The highest BCUT2D eigenvalue weighted by atomic mass is 32.2. The second-order valence-corrected chi connectivity index (χ2v) is 40.3. The summed E-state index contributed by atoms with van der Waals surface area (Å²) in [5.74, 6) is 0. The quantitative estimate of drug-likeness (QED) is 0.0341. The van der Waals surface area contributed by atoms with Crippen LogP contribution in [0.4, 0.5) is 0 Å². The van der Waals surface area contributed by atoms with E-state index in [1.165, 1.54) is 25.8 Å². The first-order valence-electron chi connectivity index (χ1n) is 37.5. The highest BCUT2D eigenvalue weighted by molar-refractivity contribution is 7.90. The topological polar surface area (TPSA) is 276 Å². The van der Waals surface area contributed by atoms with Crippen LogP contribution in [0.1, 0.15) is 175 Å². The smallest absolute Gasteiger partial charge is 0.243 e. The Balaban J connectivity index is 0.965. The lowest BCUT2D eigenvalue weighted by atomic mass is 9.89. The van der Waals surface area contributed by atoms with Crippen molar-refractivity contribution in [3.05, 3.63) is 179 Å². The number of nitrogens with two attached hydrogens (primary N) is 2. The third-order valence-electron chi connectivity index (χ3n) is 21.2. The molecule has 0 aromatic heterocycles. The third kappa shape index (κ3) is 20.1. The first-order chi connectivity index (χ1) is 49.5. The van der Waals surface area contributed by atoms with E-state index in [9.17, 15) is 16.8 Å². The van der Waals surface area contributed by atoms with Gasteiger partial charge in [0.2, 0.25) is 60.1 Å². The Morgan fingerprint density at radius 1 is 0.231 bits per heavy atom. The van der Waals surface area contributed by atoms with E-state index in [1.807, 2.05) is 41.5 Å². The molecule has 20 nitrogen and oxygen atoms in total. The lowest BCUT2D eigenvalue weighted by Gasteiger charge is -2.44. The van der Waals surface area contributed by atoms with Gasteiger partial charge in [-0.1, -0.05) is 170 Å². The van der Waals surface area contributed by atoms with Crippen molar-refractivity contribution >= 4 is 60.1 Å². The van der Waals surface area contributed by atoms with Crippen molar-refractivity contribution in [3.8, 4) is 0 Å². The van der Waals surface area contributed by atoms with Crippen LogP contribution in [0.5, 0.6) is 0 Å². The van der Waals surface area contributed by atoms with E-state index in [4.69, 9.17) is 11.5 Å². The molecule has 0 amide bonds. The highest BCUT2D eigenvalue weighted by Crippen LogP contribution is 2.39. The van der Waals surface area contributed by atoms with Crippen molar-refractivity contribution in [1.29, 1.82) is 0 Å². The van der Waals surface area contributed by atoms with Gasteiger partial charge >= 0.3 is 0 Å². The number of benzene rings is 6. The number of hydrogen-bond acceptors (Lipinski definition) is 14. The zero-order valence-corrected chi connectivity index (χ0v) is 66.6. The third-order valence-corrected chi connectivity index (χ3v) is 32.9. The number of rotatable bonds is 38. The Morgan fingerprint density at radius 3 is 0.500 bits per heavy atom. The van der Waals surface area contributed by atoms with E-state index in [1.54, 1.807) is 146 Å². The highest BCUT2D eigenvalue weighted by Gasteiger charge is 2.47. The molecule has 0 unspecified atom stereocenters. The van der Waals surface area contributed by atoms with Gasteiger partial charge in [0.1, 0.15) is 0 Å². The molecule has 572 valence electrons. The van der Waals surface area contributed by atoms with Crippen molar-refractivity contribution in [2.75, 3.05) is 52.4 Å². The standard InChI is InChI=1S/C78H112N8O12S6/c1-61-29-41-67(42-30-61)99(87,88)81(55-17-7-9-19-57-83(101(91,92)69-45-33-63(3)34-46-69)75-25-13-15-27-77(75)85(59-21-53-79)103(95,96)71-49-37-65(5)38-50-71)73-23-11-12-24-74(73)82(100(89,90)68-43-31-62(2)32-44-68)56-18-8-10-20-58-84(102(93,94)70-47-35-64(4)36-48-70)76-26-14-16-28-78(76)86(60-22-54-80)104(97,98)72-51-39-66(6)40-52-72/h29-52,73-78H,7-28,53-60,79-80H2,1-6H3/t73-,74-,75-,76-,77-,78-/m1/s1. The molecule has 0 spiro atoms. The second kappa shape index (κ2) is 37.2. The Hall–Kier alpha value is -5.30. The first kappa shape index (κ1) is 82.8. The summed E-state index contributed by atoms with van der Waals surface area (Å²) < 4.78 is 191. The number of hydrogen-bond donors (Lipinski definition) is 2. The Morgan fingerprint density at radius 2 is 0.365 bits per heavy atom. The van der Waals surface area contributed by atoms with Crippen LogP contribution < -0.4 is 11.5 Å². The fourth-order valence-corrected chi connectivity index (χ4v) is 25.8. The minimum absolute atomic E-state index is 0.0470. The van der Waals surface area contributed by atoms with Gasteiger partial charge in [0.05, 0.1) is 29.4 Å². The molecule has 0 heterocycles. The molecule has 0 saturated heterocycles. The van der Waals surface area contributed by atoms with Crippen LogP contribution >= 0.6 is 0 Å². The zero-order chi connectivity index (χ0) is 75.0. The maximum absolute atomic E-state index is 15.5. The molecule has 3 saturated carbocycles. The van der Waals surface area contributed by atoms with Gasteiger partial charge in [-0.3, -0.25) is 0 Å². The molecule has 0 radical (unpaired) electrons. The summed E-state index contributed by atoms with van der Waals surface area (Å²) in [7, 11) is -25.2. The van der Waals surface area contributed by atoms with Gasteiger partial charge < -0.3 is 11.5 Å². The largest absolute Gasteiger partial charge is 0.330 e. The van der Waals surface area contributed by atoms with Crippen LogP contribution in [0.25, 0.3) is 0 Å². The molecule has 0 bridgehead atoms. The molecule has 6 aromatic carbocycles. The molecule has 3 fully saturated rings. The first-order valence-corrected chi connectivity index (χ1v) is 46.1. The molecule has 6 atom stereocenters. The Bertz CT molecular complexity index is 4160. The molecule has 9 rings (SSSR count). The summed E-state index contributed by atoms with van der Waals surface area (Å²) in [5.41, 5.74) is 17.4. The summed E-state index contributed by atoms with van der Waals surface area (Å²) in [6, 6.07) is 35.8. The van der Waals surface area contributed by atoms with Crippen molar-refractivity contribution in [3.63, 3.8) is 0 Å². The summed E-state index contributed by atoms with van der Waals surface area (Å²) >= 11 is 0. The van der Waals surface area contributed by atoms with Crippen LogP contribution in [0.15, 0.2) is 175 Å². The van der Waals surface area contributed by atoms with E-state index in [0.29, 0.717) is 141 Å². The van der Waals surface area contributed by atoms with E-state index < -0.39 is 96.4 Å². The van der Waals surface area contributed by atoms with Gasteiger partial charge in [0.15, 0.2) is 0 Å². The molecule has 104 heavy (non-hydrogen) atoms. The maximum Gasteiger partial charge on any atom is 0.243 e. The fraction of sp³-hybridized carbons (Fsp3) is 0.538. The van der Waals surface area contributed by atoms with Gasteiger partial charge in [-0.2, -0.15) is 25.8 Å². The number of aryl methyl sites for hydroxylation is 6. The molecule has 26 heteroatoms. The van der Waals surface area contributed by atoms with Gasteiger partial charge in [-0.25, -0.2) is 50.5 Å². The van der Waals surface area contributed by atoms with Gasteiger partial charge in [-0.05, 0) is 204 Å². The van der Waals surface area contributed by atoms with Gasteiger partial charge in [0.25, 0.3) is 0 Å². The number of unbranched alkanes of at least 4 members (excludes halogenated alkanes) is 6. The van der Waals surface area contributed by atoms with Crippen molar-refractivity contribution < 1.29 is 50.5 Å². The number of sulfonamides is 6. The van der Waals surface area contributed by atoms with Crippen LogP contribution in [-0.4, -0.2) is 165 Å². The van der Waals surface area contributed by atoms with Crippen molar-refractivity contribution in [2.45, 2.75) is 248 Å². The van der Waals surface area contributed by atoms with E-state index in [2.05, 4.69) is 0 Å². The normalized spacial score (nSPS) is 19.8. The van der Waals surface area contributed by atoms with Gasteiger partial charge in [0, 0.05) is 75.5 Å². The average molecular weight is 1550 g/mol. The second-order valence-electron chi connectivity index (χ2n) is 28.9. The van der Waals surface area contributed by atoms with Crippen molar-refractivity contribution in [1.82, 2.24) is 25.8 Å². The summed E-state index contributed by atoms with van der Waals surface area (Å²) in [6.07, 6.45) is 10.9. The lowest BCUT2D eigenvalue weighted by Crippen LogP contribution is -2.57. The van der Waals surface area contributed by atoms with E-state index in [0.717, 1.165) is 33.4 Å². The van der Waals surface area contributed by atoms with Crippen molar-refractivity contribution in [2.24, 2.45) is 11.5 Å². The van der Waals surface area contributed by atoms with Gasteiger partial charge in [-0.15, -0.1) is 0 Å². The Kier molecular flexibility index (Phi) is 29.6. The zero-order valence-electron chi connectivity index (χ0n) is 61.7. The summed E-state index contributed by atoms with van der Waals surface area (Å²) in [5, 5.41) is 0. The SMILES string of the molecule is Cc1ccc(S(=O)(=O)N(CCCN)[C@@H]2CCCC[C@H]2N(CCCCCCN([C@@H]2CCCC[C@H]2N(CCCCCCN([C@@H]2CCCC[C@H]2N(CCCN)S(=O)(=O)c2ccc(C)cc2)S(=O)(=O)c2ccc(C)cc2)S(=O)(=O)c2ccc(C)cc2)S(=O)(=O)c2ccc(C)cc2)S(=O)(=O)c2ccc(C)cc2)cc1. The maximum atomic E-state index is 15.5. The summed E-state index contributed by atoms with van der Waals surface area (Å²) in [6.45, 7) is 12.3. The minimum atomic E-state index is -4.28. The fourth-order valence-electron chi connectivity index (χ4n) is 15.4. The van der Waals surface area contributed by atoms with Crippen LogP contribution in [0.2, 0.25) is 0 Å². The lowest BCUT2D eigenvalue weighted by molar-refractivity contribution is 0.137. The Labute approximate surface area is 623 Å². The monoisotopic (exact) mass is 1540 g/mol. The van der Waals surface area contributed by atoms with E-state index >= 15 is 33.7 Å². The predicted molar refractivity (Wildman–Crippen MR) is 413 cm³/mol. The molecular weight excluding hydrogens is 1430 g/mol. The number of nitrogens with zero attached hydrogens (tertiary/aromatic N) is 6. The minimum Gasteiger partial charge on any atom is -0.330 e. The molecule has 4 N–H and O–H groups in total. The molecule has 3 aliphatic rings. The molecule has 3 aliphatic carbocycles. The summed E-state index contributed by atoms with van der Waals surface area (Å²) in [4.78, 5) is 0.633. The van der Waals surface area contributed by atoms with E-state index in [-0.39, 0.29) is 81.7 Å². The predicted octanol–water partition coefficient (Wildman–Crippen LogP) is 12.7. The molecule has 6 aromatic rings.